The Morgan fingerprint density at radius 3 is 2.48 bits per heavy atom. The van der Waals surface area contributed by atoms with Crippen molar-refractivity contribution in [1.82, 2.24) is 5.32 Å². The summed E-state index contributed by atoms with van der Waals surface area (Å²) >= 11 is 5.15. The van der Waals surface area contributed by atoms with Crippen LogP contribution < -0.4 is 15.5 Å². The van der Waals surface area contributed by atoms with Crippen molar-refractivity contribution in [2.45, 2.75) is 6.92 Å². The van der Waals surface area contributed by atoms with Crippen molar-refractivity contribution in [3.8, 4) is 0 Å². The van der Waals surface area contributed by atoms with E-state index in [0.717, 1.165) is 5.56 Å². The standard InChI is InChI=1S/C20H20N4O6S/c1-12-2-3-14(19(26)27)10-15(12)21-20(31)22-18(25)13-4-5-16(17(11-13)24(28)29)23-6-8-30-9-7-23/h2-5,10-11H,6-9H2,1H3,(H,26,27)(H2,21,22,25,31). The minimum absolute atomic E-state index is 0.0597. The highest BCUT2D eigenvalue weighted by atomic mass is 32.1. The topological polar surface area (TPSA) is 134 Å². The molecule has 0 saturated carbocycles. The number of carboxylic acids is 1. The average Bonchev–Trinajstić information content (AvgIpc) is 2.75. The molecule has 10 nitrogen and oxygen atoms in total. The molecular weight excluding hydrogens is 424 g/mol. The molecule has 162 valence electrons. The highest BCUT2D eigenvalue weighted by Gasteiger charge is 2.23. The van der Waals surface area contributed by atoms with Crippen molar-refractivity contribution >= 4 is 46.3 Å². The van der Waals surface area contributed by atoms with Gasteiger partial charge in [-0.1, -0.05) is 6.07 Å². The van der Waals surface area contributed by atoms with Crippen LogP contribution in [0.5, 0.6) is 0 Å². The first-order valence-electron chi connectivity index (χ1n) is 9.33. The smallest absolute Gasteiger partial charge is 0.335 e. The van der Waals surface area contributed by atoms with Gasteiger partial charge in [-0.05, 0) is 49.0 Å². The predicted octanol–water partition coefficient (Wildman–Crippen LogP) is 2.56. The number of nitro groups is 1. The van der Waals surface area contributed by atoms with Gasteiger partial charge < -0.3 is 20.1 Å². The molecule has 0 aliphatic carbocycles. The Balaban J connectivity index is 1.75. The van der Waals surface area contributed by atoms with E-state index in [1.165, 1.54) is 30.3 Å². The third kappa shape index (κ3) is 5.32. The number of anilines is 2. The number of nitro benzene ring substituents is 1. The van der Waals surface area contributed by atoms with E-state index in [1.54, 1.807) is 13.0 Å². The number of aromatic carboxylic acids is 1. The van der Waals surface area contributed by atoms with Crippen LogP contribution in [0.1, 0.15) is 26.3 Å². The fourth-order valence-electron chi connectivity index (χ4n) is 3.10. The molecule has 0 spiro atoms. The second-order valence-electron chi connectivity index (χ2n) is 6.80. The molecule has 3 rings (SSSR count). The minimum atomic E-state index is -1.09. The third-order valence-electron chi connectivity index (χ3n) is 4.75. The first-order valence-corrected chi connectivity index (χ1v) is 9.74. The number of benzene rings is 2. The lowest BCUT2D eigenvalue weighted by atomic mass is 10.1. The SMILES string of the molecule is Cc1ccc(C(=O)O)cc1NC(=S)NC(=O)c1ccc(N2CCOCC2)c([N+](=O)[O-])c1. The molecule has 1 aliphatic rings. The predicted molar refractivity (Wildman–Crippen MR) is 118 cm³/mol. The van der Waals surface area contributed by atoms with Crippen LogP contribution in [0.3, 0.4) is 0 Å². The molecule has 0 atom stereocenters. The molecule has 1 aliphatic heterocycles. The molecule has 0 bridgehead atoms. The second-order valence-corrected chi connectivity index (χ2v) is 7.21. The van der Waals surface area contributed by atoms with E-state index in [2.05, 4.69) is 10.6 Å². The molecule has 1 fully saturated rings. The van der Waals surface area contributed by atoms with Gasteiger partial charge in [0.25, 0.3) is 11.6 Å². The van der Waals surface area contributed by atoms with E-state index < -0.39 is 16.8 Å². The molecule has 11 heteroatoms. The summed E-state index contributed by atoms with van der Waals surface area (Å²) in [7, 11) is 0. The number of carbonyl (C=O) groups excluding carboxylic acids is 1. The van der Waals surface area contributed by atoms with Crippen molar-refractivity contribution in [1.29, 1.82) is 0 Å². The number of nitrogens with one attached hydrogen (secondary N) is 2. The summed E-state index contributed by atoms with van der Waals surface area (Å²) in [6.07, 6.45) is 0. The van der Waals surface area contributed by atoms with Gasteiger partial charge in [0.15, 0.2) is 5.11 Å². The monoisotopic (exact) mass is 444 g/mol. The number of nitrogens with zero attached hydrogens (tertiary/aromatic N) is 2. The summed E-state index contributed by atoms with van der Waals surface area (Å²) in [4.78, 5) is 36.6. The summed E-state index contributed by atoms with van der Waals surface area (Å²) in [6, 6.07) is 8.71. The zero-order chi connectivity index (χ0) is 22.5. The highest BCUT2D eigenvalue weighted by molar-refractivity contribution is 7.80. The Bertz CT molecular complexity index is 1050. The lowest BCUT2D eigenvalue weighted by Crippen LogP contribution is -2.37. The van der Waals surface area contributed by atoms with Crippen LogP contribution in [0, 0.1) is 17.0 Å². The molecule has 2 aromatic carbocycles. The number of rotatable bonds is 5. The number of amides is 1. The molecule has 3 N–H and O–H groups in total. The van der Waals surface area contributed by atoms with Crippen LogP contribution in [0.2, 0.25) is 0 Å². The van der Waals surface area contributed by atoms with Gasteiger partial charge in [0.1, 0.15) is 5.69 Å². The lowest BCUT2D eigenvalue weighted by Gasteiger charge is -2.28. The fraction of sp³-hybridized carbons (Fsp3) is 0.250. The molecule has 1 amide bonds. The van der Waals surface area contributed by atoms with Crippen LogP contribution >= 0.6 is 12.2 Å². The van der Waals surface area contributed by atoms with Gasteiger partial charge in [-0.2, -0.15) is 0 Å². The molecule has 1 saturated heterocycles. The van der Waals surface area contributed by atoms with Crippen LogP contribution in [0.4, 0.5) is 17.1 Å². The van der Waals surface area contributed by atoms with Crippen LogP contribution in [0.15, 0.2) is 36.4 Å². The molecule has 0 unspecified atom stereocenters. The molecule has 0 aromatic heterocycles. The normalized spacial score (nSPS) is 13.4. The number of thiocarbonyl (C=S) groups is 1. The Hall–Kier alpha value is -3.57. The van der Waals surface area contributed by atoms with Crippen molar-refractivity contribution < 1.29 is 24.4 Å². The van der Waals surface area contributed by atoms with Crippen molar-refractivity contribution in [2.24, 2.45) is 0 Å². The summed E-state index contributed by atoms with van der Waals surface area (Å²) < 4.78 is 5.28. The van der Waals surface area contributed by atoms with Crippen molar-refractivity contribution in [2.75, 3.05) is 36.5 Å². The maximum Gasteiger partial charge on any atom is 0.335 e. The molecular formula is C20H20N4O6S. The summed E-state index contributed by atoms with van der Waals surface area (Å²) in [6.45, 7) is 3.75. The van der Waals surface area contributed by atoms with Gasteiger partial charge in [-0.25, -0.2) is 4.79 Å². The maximum atomic E-state index is 12.6. The van der Waals surface area contributed by atoms with E-state index in [0.29, 0.717) is 37.7 Å². The summed E-state index contributed by atoms with van der Waals surface area (Å²) in [5.74, 6) is -1.72. The zero-order valence-corrected chi connectivity index (χ0v) is 17.4. The number of aryl methyl sites for hydroxylation is 1. The minimum Gasteiger partial charge on any atom is -0.478 e. The second kappa shape index (κ2) is 9.49. The number of hydrogen-bond acceptors (Lipinski definition) is 7. The first-order chi connectivity index (χ1) is 14.8. The number of morpholine rings is 1. The number of ether oxygens (including phenoxy) is 1. The van der Waals surface area contributed by atoms with Gasteiger partial charge in [-0.3, -0.25) is 20.2 Å². The van der Waals surface area contributed by atoms with Gasteiger partial charge in [0.05, 0.1) is 23.7 Å². The van der Waals surface area contributed by atoms with E-state index in [-0.39, 0.29) is 21.9 Å². The number of carboxylic acid groups (broad SMARTS) is 1. The van der Waals surface area contributed by atoms with Crippen molar-refractivity contribution in [3.63, 3.8) is 0 Å². The largest absolute Gasteiger partial charge is 0.478 e. The number of hydrogen-bond donors (Lipinski definition) is 3. The summed E-state index contributed by atoms with van der Waals surface area (Å²) in [5, 5.41) is 25.9. The first kappa shape index (κ1) is 22.1. The Morgan fingerprint density at radius 1 is 1.16 bits per heavy atom. The quantitative estimate of drug-likeness (QED) is 0.361. The highest BCUT2D eigenvalue weighted by Crippen LogP contribution is 2.30. The van der Waals surface area contributed by atoms with E-state index in [4.69, 9.17) is 22.1 Å². The lowest BCUT2D eigenvalue weighted by molar-refractivity contribution is -0.384. The molecule has 1 heterocycles. The van der Waals surface area contributed by atoms with Gasteiger partial charge in [-0.15, -0.1) is 0 Å². The molecule has 31 heavy (non-hydrogen) atoms. The van der Waals surface area contributed by atoms with Crippen LogP contribution in [0.25, 0.3) is 0 Å². The maximum absolute atomic E-state index is 12.6. The Morgan fingerprint density at radius 2 is 1.84 bits per heavy atom. The molecule has 2 aromatic rings. The zero-order valence-electron chi connectivity index (χ0n) is 16.6. The Labute approximate surface area is 183 Å². The van der Waals surface area contributed by atoms with Gasteiger partial charge >= 0.3 is 5.97 Å². The van der Waals surface area contributed by atoms with Gasteiger partial charge in [0.2, 0.25) is 0 Å². The van der Waals surface area contributed by atoms with E-state index in [1.807, 2.05) is 4.90 Å². The Kier molecular flexibility index (Phi) is 6.78. The van der Waals surface area contributed by atoms with Crippen LogP contribution in [-0.2, 0) is 4.74 Å². The van der Waals surface area contributed by atoms with Crippen LogP contribution in [-0.4, -0.2) is 53.3 Å². The average molecular weight is 444 g/mol. The fourth-order valence-corrected chi connectivity index (χ4v) is 3.30. The molecule has 0 radical (unpaired) electrons. The van der Waals surface area contributed by atoms with E-state index >= 15 is 0 Å². The van der Waals surface area contributed by atoms with Crippen molar-refractivity contribution in [3.05, 3.63) is 63.2 Å². The van der Waals surface area contributed by atoms with E-state index in [9.17, 15) is 19.7 Å². The number of carbonyl (C=O) groups is 2. The summed E-state index contributed by atoms with van der Waals surface area (Å²) in [5.41, 5.74) is 1.54. The third-order valence-corrected chi connectivity index (χ3v) is 4.95. The van der Waals surface area contributed by atoms with Gasteiger partial charge in [0, 0.05) is 30.4 Å².